The van der Waals surface area contributed by atoms with Gasteiger partial charge in [0.25, 0.3) is 0 Å². The lowest BCUT2D eigenvalue weighted by atomic mass is 10.0. The van der Waals surface area contributed by atoms with Crippen molar-refractivity contribution in [2.45, 2.75) is 12.8 Å². The molecular formula is C35H25N3. The average Bonchev–Trinajstić information content (AvgIpc) is 3.51. The van der Waals surface area contributed by atoms with Crippen LogP contribution in [0.25, 0.3) is 66.1 Å². The maximum absolute atomic E-state index is 4.22. The molecular weight excluding hydrogens is 462 g/mol. The first kappa shape index (κ1) is 21.2. The Morgan fingerprint density at radius 3 is 2.13 bits per heavy atom. The lowest BCUT2D eigenvalue weighted by Gasteiger charge is -2.16. The van der Waals surface area contributed by atoms with Crippen LogP contribution in [0, 0.1) is 0 Å². The van der Waals surface area contributed by atoms with Crippen molar-refractivity contribution in [3.63, 3.8) is 0 Å². The molecule has 0 N–H and O–H groups in total. The molecule has 4 aromatic carbocycles. The molecule has 0 spiro atoms. The first-order valence-electron chi connectivity index (χ1n) is 13.2. The van der Waals surface area contributed by atoms with Crippen molar-refractivity contribution in [3.8, 4) is 16.8 Å². The Kier molecular flexibility index (Phi) is 4.65. The highest BCUT2D eigenvalue weighted by Gasteiger charge is 2.22. The van der Waals surface area contributed by atoms with Gasteiger partial charge in [-0.05, 0) is 72.5 Å². The molecule has 0 amide bonds. The van der Waals surface area contributed by atoms with Gasteiger partial charge in [0, 0.05) is 45.3 Å². The molecule has 180 valence electrons. The molecule has 3 heteroatoms. The van der Waals surface area contributed by atoms with Gasteiger partial charge in [0.15, 0.2) is 0 Å². The summed E-state index contributed by atoms with van der Waals surface area (Å²) in [5, 5.41) is 5.11. The summed E-state index contributed by atoms with van der Waals surface area (Å²) in [6.07, 6.45) is 12.6. The van der Waals surface area contributed by atoms with Crippen LogP contribution in [0.15, 0.2) is 128 Å². The van der Waals surface area contributed by atoms with E-state index in [-0.39, 0.29) is 0 Å². The number of aromatic nitrogens is 3. The Labute approximate surface area is 220 Å². The van der Waals surface area contributed by atoms with Crippen LogP contribution in [-0.2, 0) is 0 Å². The van der Waals surface area contributed by atoms with Gasteiger partial charge in [-0.3, -0.25) is 4.98 Å². The number of nitrogens with zero attached hydrogens (tertiary/aromatic N) is 3. The minimum absolute atomic E-state index is 1.03. The largest absolute Gasteiger partial charge is 0.311 e. The van der Waals surface area contributed by atoms with Gasteiger partial charge in [0.1, 0.15) is 0 Å². The molecule has 3 aromatic heterocycles. The number of allylic oxidation sites excluding steroid dienone is 4. The Bertz CT molecular complexity index is 2060. The molecule has 38 heavy (non-hydrogen) atoms. The van der Waals surface area contributed by atoms with Crippen LogP contribution in [0.4, 0.5) is 0 Å². The first-order chi connectivity index (χ1) is 18.9. The van der Waals surface area contributed by atoms with E-state index in [4.69, 9.17) is 0 Å². The van der Waals surface area contributed by atoms with Crippen LogP contribution >= 0.6 is 0 Å². The van der Waals surface area contributed by atoms with Crippen molar-refractivity contribution in [1.82, 2.24) is 14.1 Å². The fourth-order valence-corrected chi connectivity index (χ4v) is 6.19. The summed E-state index contributed by atoms with van der Waals surface area (Å²) < 4.78 is 4.97. The highest BCUT2D eigenvalue weighted by atomic mass is 15.0. The van der Waals surface area contributed by atoms with Gasteiger partial charge in [0.2, 0.25) is 0 Å². The van der Waals surface area contributed by atoms with E-state index in [1.807, 2.05) is 12.4 Å². The number of para-hydroxylation sites is 2. The van der Waals surface area contributed by atoms with E-state index in [2.05, 4.69) is 129 Å². The standard InChI is InChI=1S/C35H25N3/c1-3-9-26(10-4-1)37-32-14-8-7-13-28(32)29-16-17-30-31-23-25(24-19-21-36-22-20-24)15-18-33(31)38(35(30)34(29)37)27-11-5-2-6-12-27/h1-3,5-9,11-23H,4,10H2. The highest BCUT2D eigenvalue weighted by Crippen LogP contribution is 2.43. The van der Waals surface area contributed by atoms with E-state index < -0.39 is 0 Å². The van der Waals surface area contributed by atoms with E-state index >= 15 is 0 Å². The monoisotopic (exact) mass is 487 g/mol. The zero-order valence-electron chi connectivity index (χ0n) is 20.9. The molecule has 0 bridgehead atoms. The fourth-order valence-electron chi connectivity index (χ4n) is 6.19. The van der Waals surface area contributed by atoms with Gasteiger partial charge >= 0.3 is 0 Å². The lowest BCUT2D eigenvalue weighted by Crippen LogP contribution is -2.01. The van der Waals surface area contributed by atoms with Crippen molar-refractivity contribution in [3.05, 3.63) is 128 Å². The second-order valence-electron chi connectivity index (χ2n) is 9.97. The van der Waals surface area contributed by atoms with E-state index in [0.717, 1.165) is 12.8 Å². The third-order valence-electron chi connectivity index (χ3n) is 7.87. The number of hydrogen-bond acceptors (Lipinski definition) is 1. The van der Waals surface area contributed by atoms with Crippen molar-refractivity contribution < 1.29 is 0 Å². The summed E-state index contributed by atoms with van der Waals surface area (Å²) in [6.45, 7) is 0. The molecule has 1 aliphatic carbocycles. The average molecular weight is 488 g/mol. The second kappa shape index (κ2) is 8.32. The van der Waals surface area contributed by atoms with Crippen LogP contribution in [0.5, 0.6) is 0 Å². The Morgan fingerprint density at radius 2 is 1.32 bits per heavy atom. The van der Waals surface area contributed by atoms with Gasteiger partial charge < -0.3 is 9.13 Å². The van der Waals surface area contributed by atoms with Crippen molar-refractivity contribution in [2.24, 2.45) is 0 Å². The summed E-state index contributed by atoms with van der Waals surface area (Å²) in [5.41, 5.74) is 9.90. The number of rotatable bonds is 3. The van der Waals surface area contributed by atoms with Crippen LogP contribution < -0.4 is 0 Å². The number of benzene rings is 4. The zero-order chi connectivity index (χ0) is 25.1. The molecule has 0 saturated heterocycles. The van der Waals surface area contributed by atoms with Gasteiger partial charge in [-0.25, -0.2) is 0 Å². The second-order valence-corrected chi connectivity index (χ2v) is 9.97. The minimum atomic E-state index is 1.03. The molecule has 7 aromatic rings. The summed E-state index contributed by atoms with van der Waals surface area (Å²) in [5.74, 6) is 0. The van der Waals surface area contributed by atoms with Crippen LogP contribution in [-0.4, -0.2) is 14.1 Å². The summed E-state index contributed by atoms with van der Waals surface area (Å²) >= 11 is 0. The summed E-state index contributed by atoms with van der Waals surface area (Å²) in [4.78, 5) is 4.22. The van der Waals surface area contributed by atoms with E-state index in [9.17, 15) is 0 Å². The smallest absolute Gasteiger partial charge is 0.0788 e. The number of fused-ring (bicyclic) bond motifs is 7. The highest BCUT2D eigenvalue weighted by molar-refractivity contribution is 6.24. The molecule has 8 rings (SSSR count). The summed E-state index contributed by atoms with van der Waals surface area (Å²) in [7, 11) is 0. The lowest BCUT2D eigenvalue weighted by molar-refractivity contribution is 0.979. The van der Waals surface area contributed by atoms with Gasteiger partial charge in [-0.2, -0.15) is 0 Å². The van der Waals surface area contributed by atoms with Crippen molar-refractivity contribution in [1.29, 1.82) is 0 Å². The Morgan fingerprint density at radius 1 is 0.579 bits per heavy atom. The minimum Gasteiger partial charge on any atom is -0.311 e. The first-order valence-corrected chi connectivity index (χ1v) is 13.2. The SMILES string of the molecule is C1=CCCC(n2c3ccccc3c3ccc4c5cc(-c6ccncc6)ccc5n(-c5ccccc5)c4c32)=C1. The van der Waals surface area contributed by atoms with Crippen LogP contribution in [0.2, 0.25) is 0 Å². The Balaban J connectivity index is 1.59. The predicted octanol–water partition coefficient (Wildman–Crippen LogP) is 9.14. The quantitative estimate of drug-likeness (QED) is 0.244. The maximum Gasteiger partial charge on any atom is 0.0788 e. The molecule has 3 heterocycles. The zero-order valence-corrected chi connectivity index (χ0v) is 20.9. The molecule has 0 atom stereocenters. The predicted molar refractivity (Wildman–Crippen MR) is 160 cm³/mol. The number of hydrogen-bond donors (Lipinski definition) is 0. The molecule has 0 fully saturated rings. The maximum atomic E-state index is 4.22. The summed E-state index contributed by atoms with van der Waals surface area (Å²) in [6, 6.07) is 35.3. The molecule has 0 saturated carbocycles. The van der Waals surface area contributed by atoms with E-state index in [0.29, 0.717) is 0 Å². The van der Waals surface area contributed by atoms with Gasteiger partial charge in [-0.15, -0.1) is 0 Å². The van der Waals surface area contributed by atoms with Gasteiger partial charge in [0.05, 0.1) is 22.1 Å². The number of pyridine rings is 1. The van der Waals surface area contributed by atoms with Gasteiger partial charge in [-0.1, -0.05) is 66.7 Å². The van der Waals surface area contributed by atoms with Crippen molar-refractivity contribution >= 4 is 49.3 Å². The molecule has 0 unspecified atom stereocenters. The Hall–Kier alpha value is -4.89. The molecule has 1 aliphatic rings. The third-order valence-corrected chi connectivity index (χ3v) is 7.87. The fraction of sp³-hybridized carbons (Fsp3) is 0.0571. The molecule has 0 radical (unpaired) electrons. The normalized spacial score (nSPS) is 13.6. The van der Waals surface area contributed by atoms with Crippen molar-refractivity contribution in [2.75, 3.05) is 0 Å². The van der Waals surface area contributed by atoms with Crippen LogP contribution in [0.3, 0.4) is 0 Å². The van der Waals surface area contributed by atoms with E-state index in [1.165, 1.54) is 66.1 Å². The third kappa shape index (κ3) is 3.05. The molecule has 0 aliphatic heterocycles. The molecule has 3 nitrogen and oxygen atoms in total. The van der Waals surface area contributed by atoms with E-state index in [1.54, 1.807) is 0 Å². The topological polar surface area (TPSA) is 22.8 Å². The van der Waals surface area contributed by atoms with Crippen LogP contribution in [0.1, 0.15) is 12.8 Å².